The van der Waals surface area contributed by atoms with Gasteiger partial charge in [-0.15, -0.1) is 0 Å². The molecule has 4 heteroatoms. The van der Waals surface area contributed by atoms with Crippen molar-refractivity contribution >= 4 is 11.8 Å². The third-order valence-corrected chi connectivity index (χ3v) is 5.13. The zero-order valence-corrected chi connectivity index (χ0v) is 13.9. The lowest BCUT2D eigenvalue weighted by Crippen LogP contribution is -2.39. The summed E-state index contributed by atoms with van der Waals surface area (Å²) in [5, 5.41) is 2.99. The third kappa shape index (κ3) is 3.92. The van der Waals surface area contributed by atoms with Gasteiger partial charge in [-0.2, -0.15) is 0 Å². The minimum atomic E-state index is -0.185. The Kier molecular flexibility index (Phi) is 4.99. The van der Waals surface area contributed by atoms with Gasteiger partial charge in [0, 0.05) is 25.6 Å². The molecule has 0 radical (unpaired) electrons. The smallest absolute Gasteiger partial charge is 0.225 e. The van der Waals surface area contributed by atoms with Crippen LogP contribution in [0.5, 0.6) is 0 Å². The van der Waals surface area contributed by atoms with E-state index >= 15 is 0 Å². The molecule has 1 saturated carbocycles. The molecule has 2 fully saturated rings. The summed E-state index contributed by atoms with van der Waals surface area (Å²) < 4.78 is 0. The first-order valence-electron chi connectivity index (χ1n) is 8.76. The SMILES string of the molecule is Cc1ccc(CNC(=O)C2CC(=O)N(C3CCCCC3)C2)cc1. The van der Waals surface area contributed by atoms with Crippen LogP contribution in [0.15, 0.2) is 24.3 Å². The molecule has 1 atom stereocenters. The van der Waals surface area contributed by atoms with Crippen LogP contribution in [-0.2, 0) is 16.1 Å². The Morgan fingerprint density at radius 2 is 1.87 bits per heavy atom. The molecular formula is C19H26N2O2. The van der Waals surface area contributed by atoms with Crippen molar-refractivity contribution in [2.45, 2.75) is 58.0 Å². The monoisotopic (exact) mass is 314 g/mol. The lowest BCUT2D eigenvalue weighted by atomic mass is 9.94. The first-order valence-corrected chi connectivity index (χ1v) is 8.76. The Balaban J connectivity index is 1.52. The van der Waals surface area contributed by atoms with Gasteiger partial charge in [-0.1, -0.05) is 49.1 Å². The van der Waals surface area contributed by atoms with Crippen LogP contribution in [0.25, 0.3) is 0 Å². The molecule has 1 aromatic carbocycles. The highest BCUT2D eigenvalue weighted by Crippen LogP contribution is 2.28. The summed E-state index contributed by atoms with van der Waals surface area (Å²) in [6, 6.07) is 8.52. The number of benzene rings is 1. The Morgan fingerprint density at radius 1 is 1.17 bits per heavy atom. The predicted octanol–water partition coefficient (Wildman–Crippen LogP) is 2.79. The minimum Gasteiger partial charge on any atom is -0.352 e. The fourth-order valence-electron chi connectivity index (χ4n) is 3.69. The first-order chi connectivity index (χ1) is 11.1. The van der Waals surface area contributed by atoms with Crippen molar-refractivity contribution < 1.29 is 9.59 Å². The van der Waals surface area contributed by atoms with Crippen molar-refractivity contribution in [3.63, 3.8) is 0 Å². The molecule has 1 aromatic rings. The second kappa shape index (κ2) is 7.16. The fraction of sp³-hybridized carbons (Fsp3) is 0.579. The van der Waals surface area contributed by atoms with Crippen molar-refractivity contribution in [2.75, 3.05) is 6.54 Å². The number of hydrogen-bond acceptors (Lipinski definition) is 2. The number of carbonyl (C=O) groups excluding carboxylic acids is 2. The summed E-state index contributed by atoms with van der Waals surface area (Å²) >= 11 is 0. The summed E-state index contributed by atoms with van der Waals surface area (Å²) in [4.78, 5) is 26.6. The van der Waals surface area contributed by atoms with E-state index in [-0.39, 0.29) is 17.7 Å². The molecule has 0 bridgehead atoms. The molecule has 1 aliphatic carbocycles. The average Bonchev–Trinajstić information content (AvgIpc) is 2.97. The van der Waals surface area contributed by atoms with Crippen LogP contribution in [0.4, 0.5) is 0 Å². The number of nitrogens with zero attached hydrogens (tertiary/aromatic N) is 1. The molecule has 23 heavy (non-hydrogen) atoms. The normalized spacial score (nSPS) is 22.4. The maximum atomic E-state index is 12.4. The molecule has 1 heterocycles. The van der Waals surface area contributed by atoms with Gasteiger partial charge in [0.05, 0.1) is 5.92 Å². The summed E-state index contributed by atoms with van der Waals surface area (Å²) in [6.45, 7) is 3.18. The van der Waals surface area contributed by atoms with Gasteiger partial charge in [-0.25, -0.2) is 0 Å². The molecule has 0 aromatic heterocycles. The van der Waals surface area contributed by atoms with E-state index in [4.69, 9.17) is 0 Å². The fourth-order valence-corrected chi connectivity index (χ4v) is 3.69. The van der Waals surface area contributed by atoms with Gasteiger partial charge in [-0.05, 0) is 25.3 Å². The third-order valence-electron chi connectivity index (χ3n) is 5.13. The standard InChI is InChI=1S/C19H26N2O2/c1-14-7-9-15(10-8-14)12-20-19(23)16-11-18(22)21(13-16)17-5-3-2-4-6-17/h7-10,16-17H,2-6,11-13H2,1H3,(H,20,23). The van der Waals surface area contributed by atoms with Crippen molar-refractivity contribution in [1.82, 2.24) is 10.2 Å². The Morgan fingerprint density at radius 3 is 2.57 bits per heavy atom. The maximum Gasteiger partial charge on any atom is 0.225 e. The number of aryl methyl sites for hydroxylation is 1. The van der Waals surface area contributed by atoms with Gasteiger partial charge >= 0.3 is 0 Å². The Hall–Kier alpha value is -1.84. The zero-order valence-electron chi connectivity index (χ0n) is 13.9. The summed E-state index contributed by atoms with van der Waals surface area (Å²) in [6.07, 6.45) is 6.26. The van der Waals surface area contributed by atoms with Crippen LogP contribution in [0.3, 0.4) is 0 Å². The largest absolute Gasteiger partial charge is 0.352 e. The molecule has 2 amide bonds. The molecule has 1 aliphatic heterocycles. The number of carbonyl (C=O) groups is 2. The Bertz CT molecular complexity index is 561. The van der Waals surface area contributed by atoms with Gasteiger partial charge < -0.3 is 10.2 Å². The van der Waals surface area contributed by atoms with E-state index in [0.717, 1.165) is 18.4 Å². The first kappa shape index (κ1) is 16.0. The van der Waals surface area contributed by atoms with Crippen molar-refractivity contribution in [3.8, 4) is 0 Å². The number of amides is 2. The Labute approximate surface area is 138 Å². The van der Waals surface area contributed by atoms with E-state index in [1.165, 1.54) is 24.8 Å². The molecule has 1 unspecified atom stereocenters. The second-order valence-electron chi connectivity index (χ2n) is 6.94. The second-order valence-corrected chi connectivity index (χ2v) is 6.94. The van der Waals surface area contributed by atoms with Gasteiger partial charge in [0.2, 0.25) is 11.8 Å². The maximum absolute atomic E-state index is 12.4. The van der Waals surface area contributed by atoms with Crippen molar-refractivity contribution in [1.29, 1.82) is 0 Å². The summed E-state index contributed by atoms with van der Waals surface area (Å²) in [7, 11) is 0. The molecule has 2 aliphatic rings. The van der Waals surface area contributed by atoms with E-state index in [0.29, 0.717) is 25.6 Å². The molecular weight excluding hydrogens is 288 g/mol. The highest BCUT2D eigenvalue weighted by atomic mass is 16.2. The van der Waals surface area contributed by atoms with Crippen LogP contribution < -0.4 is 5.32 Å². The van der Waals surface area contributed by atoms with Crippen LogP contribution in [-0.4, -0.2) is 29.3 Å². The lowest BCUT2D eigenvalue weighted by molar-refractivity contribution is -0.130. The number of likely N-dealkylation sites (tertiary alicyclic amines) is 1. The minimum absolute atomic E-state index is 0.0113. The van der Waals surface area contributed by atoms with Crippen LogP contribution in [0, 0.1) is 12.8 Å². The van der Waals surface area contributed by atoms with Crippen LogP contribution in [0.1, 0.15) is 49.7 Å². The summed E-state index contributed by atoms with van der Waals surface area (Å²) in [5.41, 5.74) is 2.31. The summed E-state index contributed by atoms with van der Waals surface area (Å²) in [5.74, 6) is -0.0144. The topological polar surface area (TPSA) is 49.4 Å². The van der Waals surface area contributed by atoms with Gasteiger partial charge in [-0.3, -0.25) is 9.59 Å². The molecule has 4 nitrogen and oxygen atoms in total. The van der Waals surface area contributed by atoms with Gasteiger partial charge in [0.1, 0.15) is 0 Å². The zero-order chi connectivity index (χ0) is 16.2. The average molecular weight is 314 g/mol. The van der Waals surface area contributed by atoms with Crippen LogP contribution >= 0.6 is 0 Å². The molecule has 0 spiro atoms. The van der Waals surface area contributed by atoms with Crippen molar-refractivity contribution in [2.24, 2.45) is 5.92 Å². The lowest BCUT2D eigenvalue weighted by Gasteiger charge is -2.31. The highest BCUT2D eigenvalue weighted by molar-refractivity contribution is 5.89. The van der Waals surface area contributed by atoms with E-state index < -0.39 is 0 Å². The molecule has 1 saturated heterocycles. The molecule has 1 N–H and O–H groups in total. The number of hydrogen-bond donors (Lipinski definition) is 1. The van der Waals surface area contributed by atoms with E-state index in [2.05, 4.69) is 5.32 Å². The van der Waals surface area contributed by atoms with Gasteiger partial charge in [0.15, 0.2) is 0 Å². The van der Waals surface area contributed by atoms with Crippen molar-refractivity contribution in [3.05, 3.63) is 35.4 Å². The predicted molar refractivity (Wildman–Crippen MR) is 89.7 cm³/mol. The van der Waals surface area contributed by atoms with Crippen LogP contribution in [0.2, 0.25) is 0 Å². The molecule has 3 rings (SSSR count). The molecule has 124 valence electrons. The van der Waals surface area contributed by atoms with E-state index in [1.807, 2.05) is 36.1 Å². The van der Waals surface area contributed by atoms with Gasteiger partial charge in [0.25, 0.3) is 0 Å². The number of rotatable bonds is 4. The quantitative estimate of drug-likeness (QED) is 0.929. The number of nitrogens with one attached hydrogen (secondary N) is 1. The highest BCUT2D eigenvalue weighted by Gasteiger charge is 2.37. The van der Waals surface area contributed by atoms with E-state index in [1.54, 1.807) is 0 Å². The van der Waals surface area contributed by atoms with E-state index in [9.17, 15) is 9.59 Å².